The van der Waals surface area contributed by atoms with Crippen molar-refractivity contribution in [2.24, 2.45) is 11.7 Å². The average Bonchev–Trinajstić information content (AvgIpc) is 2.82. The zero-order chi connectivity index (χ0) is 26.8. The van der Waals surface area contributed by atoms with Crippen LogP contribution in [0.1, 0.15) is 56.4 Å². The topological polar surface area (TPSA) is 117 Å². The first-order valence-electron chi connectivity index (χ1n) is 11.9. The van der Waals surface area contributed by atoms with Crippen LogP contribution in [0.3, 0.4) is 0 Å². The molecule has 1 unspecified atom stereocenters. The zero-order valence-electron chi connectivity index (χ0n) is 21.9. The van der Waals surface area contributed by atoms with Crippen LogP contribution in [0.5, 0.6) is 0 Å². The Hall–Kier alpha value is -3.81. The van der Waals surface area contributed by atoms with Gasteiger partial charge in [0.2, 0.25) is 5.91 Å². The molecule has 0 fully saturated rings. The molecule has 3 heterocycles. The van der Waals surface area contributed by atoms with Crippen LogP contribution in [0.15, 0.2) is 54.0 Å². The summed E-state index contributed by atoms with van der Waals surface area (Å²) in [6, 6.07) is 4.84. The van der Waals surface area contributed by atoms with Crippen LogP contribution in [0.25, 0.3) is 11.1 Å². The Morgan fingerprint density at radius 1 is 1.06 bits per heavy atom. The molecule has 8 nitrogen and oxygen atoms in total. The van der Waals surface area contributed by atoms with Gasteiger partial charge in [-0.1, -0.05) is 13.8 Å². The predicted octanol–water partition coefficient (Wildman–Crippen LogP) is 4.34. The van der Waals surface area contributed by atoms with E-state index in [4.69, 9.17) is 5.73 Å². The van der Waals surface area contributed by atoms with Crippen molar-refractivity contribution in [1.29, 1.82) is 0 Å². The van der Waals surface area contributed by atoms with Crippen LogP contribution in [0.2, 0.25) is 0 Å². The number of amides is 1. The lowest BCUT2D eigenvalue weighted by Gasteiger charge is -2.18. The van der Waals surface area contributed by atoms with Crippen molar-refractivity contribution in [1.82, 2.24) is 14.5 Å². The van der Waals surface area contributed by atoms with Gasteiger partial charge >= 0.3 is 5.97 Å². The summed E-state index contributed by atoms with van der Waals surface area (Å²) in [4.78, 5) is 42.7. The number of hydrogen-bond donors (Lipinski definition) is 1. The van der Waals surface area contributed by atoms with E-state index in [-0.39, 0.29) is 13.0 Å². The summed E-state index contributed by atoms with van der Waals surface area (Å²) in [6.45, 7) is 9.91. The Kier molecular flexibility index (Phi) is 10.5. The maximum Gasteiger partial charge on any atom is 0.305 e. The number of carbonyl (C=O) groups is 2. The lowest BCUT2D eigenvalue weighted by molar-refractivity contribution is -0.140. The molecule has 0 aromatic carbocycles. The van der Waals surface area contributed by atoms with E-state index in [0.717, 1.165) is 33.4 Å². The number of ether oxygens (including phenoxy) is 1. The standard InChI is InChI=1S/C16H18N2O2.C12H18N2O2.H2/c1-11-7-17-8-12(2)16(11)14-6-13(9-18-10-14)4-5-15(19)20-3;1-8(2)6-10(12(13)16)14-5-4-9(3)7-11(14)15;/h6-10H,4-5H2,1-3H3;4-5,7-8,10H,6H2,1-3H3,(H2,13,16);1H. The maximum atomic E-state index is 11.7. The fraction of sp³-hybridized carbons (Fsp3) is 0.393. The molecule has 0 bridgehead atoms. The number of nitrogens with two attached hydrogens (primary N) is 1. The Morgan fingerprint density at radius 3 is 2.25 bits per heavy atom. The fourth-order valence-corrected chi connectivity index (χ4v) is 3.93. The lowest BCUT2D eigenvalue weighted by Crippen LogP contribution is -2.34. The molecule has 0 saturated heterocycles. The number of nitrogens with zero attached hydrogens (tertiary/aromatic N) is 3. The summed E-state index contributed by atoms with van der Waals surface area (Å²) in [5, 5.41) is 0. The van der Waals surface area contributed by atoms with E-state index in [0.29, 0.717) is 25.2 Å². The fourth-order valence-electron chi connectivity index (χ4n) is 3.93. The SMILES string of the molecule is COC(=O)CCc1cncc(-c2c(C)cncc2C)c1.Cc1ccn(C(CC(C)C)C(N)=O)c(=O)c1.[HH]. The average molecular weight is 495 g/mol. The van der Waals surface area contributed by atoms with E-state index >= 15 is 0 Å². The Labute approximate surface area is 214 Å². The molecule has 0 spiro atoms. The minimum Gasteiger partial charge on any atom is -0.469 e. The molecule has 0 aliphatic heterocycles. The normalized spacial score (nSPS) is 11.4. The van der Waals surface area contributed by atoms with Crippen molar-refractivity contribution in [3.05, 3.63) is 81.8 Å². The van der Waals surface area contributed by atoms with Gasteiger partial charge in [-0.05, 0) is 79.5 Å². The van der Waals surface area contributed by atoms with Crippen molar-refractivity contribution in [3.8, 4) is 11.1 Å². The highest BCUT2D eigenvalue weighted by Crippen LogP contribution is 2.26. The molecular weight excluding hydrogens is 456 g/mol. The molecule has 0 radical (unpaired) electrons. The second-order valence-corrected chi connectivity index (χ2v) is 9.30. The molecule has 0 aliphatic rings. The minimum atomic E-state index is -0.548. The maximum absolute atomic E-state index is 11.7. The number of hydrogen-bond acceptors (Lipinski definition) is 6. The number of methoxy groups -OCH3 is 1. The number of primary amides is 1. The third-order valence-electron chi connectivity index (χ3n) is 5.72. The van der Waals surface area contributed by atoms with E-state index in [1.165, 1.54) is 17.7 Å². The highest BCUT2D eigenvalue weighted by molar-refractivity contribution is 5.78. The minimum absolute atomic E-state index is 0. The van der Waals surface area contributed by atoms with Gasteiger partial charge < -0.3 is 15.0 Å². The van der Waals surface area contributed by atoms with Crippen LogP contribution in [0.4, 0.5) is 0 Å². The quantitative estimate of drug-likeness (QED) is 0.466. The first-order valence-corrected chi connectivity index (χ1v) is 11.9. The molecule has 0 aliphatic carbocycles. The van der Waals surface area contributed by atoms with Crippen molar-refractivity contribution in [2.45, 2.75) is 59.9 Å². The Balaban J connectivity index is 0.000000369. The second kappa shape index (κ2) is 13.3. The zero-order valence-corrected chi connectivity index (χ0v) is 21.9. The molecule has 194 valence electrons. The smallest absolute Gasteiger partial charge is 0.305 e. The van der Waals surface area contributed by atoms with Gasteiger partial charge in [0.25, 0.3) is 5.56 Å². The van der Waals surface area contributed by atoms with E-state index in [1.807, 2.05) is 53.2 Å². The monoisotopic (exact) mass is 494 g/mol. The van der Waals surface area contributed by atoms with Crippen molar-refractivity contribution in [2.75, 3.05) is 7.11 Å². The lowest BCUT2D eigenvalue weighted by atomic mass is 9.98. The van der Waals surface area contributed by atoms with Gasteiger partial charge in [0.1, 0.15) is 6.04 Å². The van der Waals surface area contributed by atoms with E-state index in [1.54, 1.807) is 18.5 Å². The molecule has 1 atom stereocenters. The van der Waals surface area contributed by atoms with Gasteiger partial charge in [0.15, 0.2) is 0 Å². The number of aryl methyl sites for hydroxylation is 4. The summed E-state index contributed by atoms with van der Waals surface area (Å²) >= 11 is 0. The summed E-state index contributed by atoms with van der Waals surface area (Å²) < 4.78 is 6.07. The third kappa shape index (κ3) is 8.15. The van der Waals surface area contributed by atoms with Gasteiger partial charge in [-0.25, -0.2) is 0 Å². The molecule has 8 heteroatoms. The number of aromatic nitrogens is 3. The Bertz CT molecular complexity index is 1240. The molecule has 1 amide bonds. The van der Waals surface area contributed by atoms with Gasteiger partial charge in [-0.3, -0.25) is 24.4 Å². The summed E-state index contributed by atoms with van der Waals surface area (Å²) in [5.41, 5.74) is 11.5. The van der Waals surface area contributed by atoms with Crippen LogP contribution >= 0.6 is 0 Å². The van der Waals surface area contributed by atoms with E-state index < -0.39 is 11.9 Å². The van der Waals surface area contributed by atoms with E-state index in [2.05, 4.69) is 20.8 Å². The largest absolute Gasteiger partial charge is 0.469 e. The molecule has 0 saturated carbocycles. The van der Waals surface area contributed by atoms with Crippen LogP contribution in [0, 0.1) is 26.7 Å². The first-order chi connectivity index (χ1) is 17.0. The van der Waals surface area contributed by atoms with Gasteiger partial charge in [0, 0.05) is 50.5 Å². The molecular formula is C28H38N4O4. The van der Waals surface area contributed by atoms with Crippen LogP contribution in [-0.2, 0) is 20.7 Å². The first kappa shape index (κ1) is 28.4. The molecule has 3 rings (SSSR count). The van der Waals surface area contributed by atoms with Crippen molar-refractivity contribution in [3.63, 3.8) is 0 Å². The molecule has 36 heavy (non-hydrogen) atoms. The van der Waals surface area contributed by atoms with Gasteiger partial charge in [0.05, 0.1) is 7.11 Å². The number of pyridine rings is 3. The molecule has 3 aromatic rings. The summed E-state index contributed by atoms with van der Waals surface area (Å²) in [7, 11) is 1.40. The van der Waals surface area contributed by atoms with Crippen LogP contribution < -0.4 is 11.3 Å². The van der Waals surface area contributed by atoms with E-state index in [9.17, 15) is 14.4 Å². The van der Waals surface area contributed by atoms with Crippen LogP contribution in [-0.4, -0.2) is 33.5 Å². The number of rotatable bonds is 8. The highest BCUT2D eigenvalue weighted by Gasteiger charge is 2.19. The van der Waals surface area contributed by atoms with Crippen molar-refractivity contribution >= 4 is 11.9 Å². The molecule has 2 N–H and O–H groups in total. The predicted molar refractivity (Wildman–Crippen MR) is 143 cm³/mol. The van der Waals surface area contributed by atoms with Crippen molar-refractivity contribution < 1.29 is 15.8 Å². The second-order valence-electron chi connectivity index (χ2n) is 9.30. The van der Waals surface area contributed by atoms with Gasteiger partial charge in [-0.15, -0.1) is 0 Å². The third-order valence-corrected chi connectivity index (χ3v) is 5.72. The van der Waals surface area contributed by atoms with Gasteiger partial charge in [-0.2, -0.15) is 0 Å². The highest BCUT2D eigenvalue weighted by atomic mass is 16.5. The summed E-state index contributed by atoms with van der Waals surface area (Å²) in [5.74, 6) is -0.350. The summed E-state index contributed by atoms with van der Waals surface area (Å²) in [6.07, 6.45) is 10.6. The number of carbonyl (C=O) groups excluding carboxylic acids is 2. The Morgan fingerprint density at radius 2 is 1.69 bits per heavy atom. The molecule has 3 aromatic heterocycles. The number of esters is 1.